The van der Waals surface area contributed by atoms with Gasteiger partial charge < -0.3 is 4.90 Å². The van der Waals surface area contributed by atoms with Crippen LogP contribution in [0.15, 0.2) is 41.4 Å². The van der Waals surface area contributed by atoms with E-state index in [2.05, 4.69) is 4.98 Å². The average molecular weight is 424 g/mol. The fourth-order valence-electron chi connectivity index (χ4n) is 2.71. The molecule has 1 aliphatic rings. The minimum absolute atomic E-state index is 0.0250. The predicted molar refractivity (Wildman–Crippen MR) is 91.6 cm³/mol. The number of sulfonamides is 1. The van der Waals surface area contributed by atoms with Gasteiger partial charge in [-0.25, -0.2) is 17.8 Å². The Labute approximate surface area is 158 Å². The number of benzene rings is 1. The molecule has 5 nitrogen and oxygen atoms in total. The number of piperazine rings is 1. The summed E-state index contributed by atoms with van der Waals surface area (Å²) >= 11 is 5.93. The van der Waals surface area contributed by atoms with Crippen LogP contribution in [-0.2, 0) is 16.2 Å². The van der Waals surface area contributed by atoms with Crippen LogP contribution in [0.3, 0.4) is 0 Å². The van der Waals surface area contributed by atoms with Crippen LogP contribution in [-0.4, -0.2) is 43.9 Å². The maximum Gasteiger partial charge on any atom is 0.417 e. The highest BCUT2D eigenvalue weighted by Gasteiger charge is 2.33. The minimum Gasteiger partial charge on any atom is -0.353 e. The molecule has 0 spiro atoms. The van der Waals surface area contributed by atoms with Crippen LogP contribution >= 0.6 is 11.6 Å². The zero-order valence-corrected chi connectivity index (χ0v) is 15.3. The van der Waals surface area contributed by atoms with Crippen molar-refractivity contribution in [2.45, 2.75) is 11.1 Å². The van der Waals surface area contributed by atoms with Gasteiger partial charge in [-0.05, 0) is 30.3 Å². The van der Waals surface area contributed by atoms with Gasteiger partial charge in [0.1, 0.15) is 11.6 Å². The molecular formula is C16H14ClF4N3O2S. The van der Waals surface area contributed by atoms with Crippen LogP contribution in [0.1, 0.15) is 5.56 Å². The third-order valence-electron chi connectivity index (χ3n) is 4.14. The maximum absolute atomic E-state index is 13.0. The van der Waals surface area contributed by atoms with E-state index < -0.39 is 27.6 Å². The highest BCUT2D eigenvalue weighted by molar-refractivity contribution is 7.89. The first-order valence-corrected chi connectivity index (χ1v) is 9.64. The Kier molecular flexibility index (Phi) is 5.33. The lowest BCUT2D eigenvalue weighted by Gasteiger charge is -2.35. The fourth-order valence-corrected chi connectivity index (χ4v) is 4.42. The van der Waals surface area contributed by atoms with Crippen LogP contribution in [0.2, 0.25) is 5.02 Å². The van der Waals surface area contributed by atoms with E-state index in [4.69, 9.17) is 11.6 Å². The second-order valence-electron chi connectivity index (χ2n) is 5.87. The Balaban J connectivity index is 1.73. The SMILES string of the molecule is O=S(=O)(c1ccc(F)cc1)N1CCN(c2ncc(C(F)(F)F)cc2Cl)CC1. The van der Waals surface area contributed by atoms with Gasteiger partial charge in [0, 0.05) is 32.4 Å². The van der Waals surface area contributed by atoms with Crippen LogP contribution in [0, 0.1) is 5.82 Å². The molecule has 0 bridgehead atoms. The molecule has 1 aromatic carbocycles. The van der Waals surface area contributed by atoms with Crippen molar-refractivity contribution < 1.29 is 26.0 Å². The molecule has 0 atom stereocenters. The van der Waals surface area contributed by atoms with Crippen molar-refractivity contribution in [1.29, 1.82) is 0 Å². The third kappa shape index (κ3) is 4.17. The summed E-state index contributed by atoms with van der Waals surface area (Å²) in [5.74, 6) is -0.370. The largest absolute Gasteiger partial charge is 0.417 e. The molecule has 0 unspecified atom stereocenters. The normalized spacial score (nSPS) is 16.6. The summed E-state index contributed by atoms with van der Waals surface area (Å²) in [7, 11) is -3.78. The molecule has 0 radical (unpaired) electrons. The molecule has 1 saturated heterocycles. The minimum atomic E-state index is -4.54. The molecule has 11 heteroatoms. The molecule has 0 N–H and O–H groups in total. The van der Waals surface area contributed by atoms with Crippen molar-refractivity contribution in [1.82, 2.24) is 9.29 Å². The number of nitrogens with zero attached hydrogens (tertiary/aromatic N) is 3. The number of hydrogen-bond donors (Lipinski definition) is 0. The quantitative estimate of drug-likeness (QED) is 0.710. The summed E-state index contributed by atoms with van der Waals surface area (Å²) in [5.41, 5.74) is -0.950. The van der Waals surface area contributed by atoms with Crippen LogP contribution in [0.5, 0.6) is 0 Å². The van der Waals surface area contributed by atoms with Gasteiger partial charge in [-0.3, -0.25) is 0 Å². The summed E-state index contributed by atoms with van der Waals surface area (Å²) in [4.78, 5) is 5.39. The van der Waals surface area contributed by atoms with Crippen molar-refractivity contribution in [2.75, 3.05) is 31.1 Å². The molecule has 3 rings (SSSR count). The van der Waals surface area contributed by atoms with E-state index >= 15 is 0 Å². The molecule has 2 heterocycles. The molecule has 146 valence electrons. The predicted octanol–water partition coefficient (Wildman–Crippen LogP) is 3.40. The second-order valence-corrected chi connectivity index (χ2v) is 8.22. The third-order valence-corrected chi connectivity index (χ3v) is 6.33. The van der Waals surface area contributed by atoms with E-state index in [1.54, 1.807) is 4.90 Å². The number of pyridine rings is 1. The van der Waals surface area contributed by atoms with E-state index in [-0.39, 0.29) is 41.9 Å². The van der Waals surface area contributed by atoms with Crippen LogP contribution in [0.4, 0.5) is 23.4 Å². The van der Waals surface area contributed by atoms with Crippen molar-refractivity contribution in [2.24, 2.45) is 0 Å². The lowest BCUT2D eigenvalue weighted by atomic mass is 10.2. The van der Waals surface area contributed by atoms with Gasteiger partial charge in [0.2, 0.25) is 10.0 Å². The van der Waals surface area contributed by atoms with Crippen molar-refractivity contribution in [3.63, 3.8) is 0 Å². The van der Waals surface area contributed by atoms with E-state index in [9.17, 15) is 26.0 Å². The summed E-state index contributed by atoms with van der Waals surface area (Å²) in [6, 6.07) is 5.30. The van der Waals surface area contributed by atoms with Crippen molar-refractivity contribution in [3.05, 3.63) is 52.9 Å². The zero-order chi connectivity index (χ0) is 19.8. The lowest BCUT2D eigenvalue weighted by Crippen LogP contribution is -2.49. The highest BCUT2D eigenvalue weighted by Crippen LogP contribution is 2.34. The molecule has 27 heavy (non-hydrogen) atoms. The standard InChI is InChI=1S/C16H14ClF4N3O2S/c17-14-9-11(16(19,20)21)10-22-15(14)23-5-7-24(8-6-23)27(25,26)13-3-1-12(18)2-4-13/h1-4,9-10H,5-8H2. The fraction of sp³-hybridized carbons (Fsp3) is 0.312. The maximum atomic E-state index is 13.0. The Morgan fingerprint density at radius 3 is 2.15 bits per heavy atom. The molecular weight excluding hydrogens is 410 g/mol. The van der Waals surface area contributed by atoms with Crippen LogP contribution < -0.4 is 4.90 Å². The van der Waals surface area contributed by atoms with E-state index in [0.29, 0.717) is 6.20 Å². The highest BCUT2D eigenvalue weighted by atomic mass is 35.5. The van der Waals surface area contributed by atoms with Gasteiger partial charge in [-0.2, -0.15) is 17.5 Å². The van der Waals surface area contributed by atoms with E-state index in [1.807, 2.05) is 0 Å². The van der Waals surface area contributed by atoms with E-state index in [0.717, 1.165) is 18.2 Å². The molecule has 0 aliphatic carbocycles. The van der Waals surface area contributed by atoms with Crippen molar-refractivity contribution in [3.8, 4) is 0 Å². The molecule has 0 amide bonds. The van der Waals surface area contributed by atoms with Crippen molar-refractivity contribution >= 4 is 27.4 Å². The van der Waals surface area contributed by atoms with E-state index in [1.165, 1.54) is 16.4 Å². The smallest absolute Gasteiger partial charge is 0.353 e. The summed E-state index contributed by atoms with van der Waals surface area (Å²) in [6.07, 6.45) is -3.85. The Hall–Kier alpha value is -1.91. The molecule has 2 aromatic rings. The summed E-state index contributed by atoms with van der Waals surface area (Å²) in [6.45, 7) is 0.606. The summed E-state index contributed by atoms with van der Waals surface area (Å²) in [5, 5.41) is -0.153. The average Bonchev–Trinajstić information content (AvgIpc) is 2.61. The monoisotopic (exact) mass is 423 g/mol. The molecule has 1 aromatic heterocycles. The van der Waals surface area contributed by atoms with Crippen LogP contribution in [0.25, 0.3) is 0 Å². The molecule has 0 saturated carbocycles. The van der Waals surface area contributed by atoms with Gasteiger partial charge in [0.15, 0.2) is 0 Å². The first kappa shape index (κ1) is 19.8. The molecule has 1 aliphatic heterocycles. The Bertz CT molecular complexity index is 928. The van der Waals surface area contributed by atoms with Gasteiger partial charge in [0.05, 0.1) is 15.5 Å². The number of halogens is 5. The Morgan fingerprint density at radius 1 is 1.04 bits per heavy atom. The number of alkyl halides is 3. The first-order valence-electron chi connectivity index (χ1n) is 7.82. The van der Waals surface area contributed by atoms with Gasteiger partial charge in [-0.1, -0.05) is 11.6 Å². The second kappa shape index (κ2) is 7.25. The Morgan fingerprint density at radius 2 is 1.63 bits per heavy atom. The number of rotatable bonds is 3. The van der Waals surface area contributed by atoms with Gasteiger partial charge in [0.25, 0.3) is 0 Å². The first-order chi connectivity index (χ1) is 12.6. The zero-order valence-electron chi connectivity index (χ0n) is 13.7. The summed E-state index contributed by atoms with van der Waals surface area (Å²) < 4.78 is 77.5. The number of hydrogen-bond acceptors (Lipinski definition) is 4. The topological polar surface area (TPSA) is 53.5 Å². The number of aromatic nitrogens is 1. The van der Waals surface area contributed by atoms with Gasteiger partial charge in [-0.15, -0.1) is 0 Å². The molecule has 1 fully saturated rings. The van der Waals surface area contributed by atoms with Gasteiger partial charge >= 0.3 is 6.18 Å². The lowest BCUT2D eigenvalue weighted by molar-refractivity contribution is -0.137. The number of anilines is 1.